The molecule has 0 radical (unpaired) electrons. The Hall–Kier alpha value is -1.81. The molecular weight excluding hydrogens is 254 g/mol. The SMILES string of the molecule is CC1CCC(CO)CN1C(=O)c1cc2ccccc2o1. The predicted molar refractivity (Wildman–Crippen MR) is 76.5 cm³/mol. The molecule has 1 aromatic carbocycles. The van der Waals surface area contributed by atoms with Gasteiger partial charge in [-0.2, -0.15) is 0 Å². The van der Waals surface area contributed by atoms with Crippen molar-refractivity contribution >= 4 is 16.9 Å². The molecule has 2 atom stereocenters. The number of hydrogen-bond donors (Lipinski definition) is 1. The van der Waals surface area contributed by atoms with Gasteiger partial charge in [0, 0.05) is 24.6 Å². The van der Waals surface area contributed by atoms with Gasteiger partial charge in [0.15, 0.2) is 5.76 Å². The van der Waals surface area contributed by atoms with Gasteiger partial charge in [0.05, 0.1) is 0 Å². The van der Waals surface area contributed by atoms with Crippen LogP contribution in [0.2, 0.25) is 0 Å². The first kappa shape index (κ1) is 13.2. The highest BCUT2D eigenvalue weighted by atomic mass is 16.3. The molecule has 1 aliphatic heterocycles. The summed E-state index contributed by atoms with van der Waals surface area (Å²) in [5.74, 6) is 0.489. The number of rotatable bonds is 2. The lowest BCUT2D eigenvalue weighted by atomic mass is 9.94. The smallest absolute Gasteiger partial charge is 0.289 e. The molecule has 0 saturated carbocycles. The van der Waals surface area contributed by atoms with Gasteiger partial charge >= 0.3 is 0 Å². The quantitative estimate of drug-likeness (QED) is 0.915. The highest BCUT2D eigenvalue weighted by Gasteiger charge is 2.30. The molecule has 1 fully saturated rings. The Labute approximate surface area is 118 Å². The van der Waals surface area contributed by atoms with Crippen LogP contribution in [-0.2, 0) is 0 Å². The zero-order chi connectivity index (χ0) is 14.1. The van der Waals surface area contributed by atoms with Gasteiger partial charge in [0.1, 0.15) is 5.58 Å². The number of likely N-dealkylation sites (tertiary alicyclic amines) is 1. The maximum Gasteiger partial charge on any atom is 0.289 e. The van der Waals surface area contributed by atoms with Gasteiger partial charge in [-0.1, -0.05) is 18.2 Å². The molecule has 2 heterocycles. The lowest BCUT2D eigenvalue weighted by Gasteiger charge is -2.36. The molecule has 0 aliphatic carbocycles. The number of hydrogen-bond acceptors (Lipinski definition) is 3. The van der Waals surface area contributed by atoms with Crippen LogP contribution in [0.1, 0.15) is 30.3 Å². The largest absolute Gasteiger partial charge is 0.451 e. The summed E-state index contributed by atoms with van der Waals surface area (Å²) in [6.07, 6.45) is 1.90. The number of carbonyl (C=O) groups excluding carboxylic acids is 1. The highest BCUT2D eigenvalue weighted by Crippen LogP contribution is 2.26. The van der Waals surface area contributed by atoms with Crippen LogP contribution in [0.4, 0.5) is 0 Å². The third-order valence-corrected chi connectivity index (χ3v) is 4.14. The Kier molecular flexibility index (Phi) is 3.49. The summed E-state index contributed by atoms with van der Waals surface area (Å²) in [7, 11) is 0. The molecule has 2 unspecified atom stereocenters. The molecule has 106 valence electrons. The summed E-state index contributed by atoms with van der Waals surface area (Å²) in [5.41, 5.74) is 0.735. The summed E-state index contributed by atoms with van der Waals surface area (Å²) in [6, 6.07) is 9.61. The highest BCUT2D eigenvalue weighted by molar-refractivity contribution is 5.96. The molecule has 0 spiro atoms. The van der Waals surface area contributed by atoms with E-state index in [1.807, 2.05) is 36.1 Å². The number of para-hydroxylation sites is 1. The number of aliphatic hydroxyl groups excluding tert-OH is 1. The number of benzene rings is 1. The van der Waals surface area contributed by atoms with E-state index in [0.29, 0.717) is 12.3 Å². The third-order valence-electron chi connectivity index (χ3n) is 4.14. The minimum atomic E-state index is -0.0770. The zero-order valence-electron chi connectivity index (χ0n) is 11.6. The van der Waals surface area contributed by atoms with E-state index in [4.69, 9.17) is 4.42 Å². The van der Waals surface area contributed by atoms with Crippen molar-refractivity contribution in [2.45, 2.75) is 25.8 Å². The van der Waals surface area contributed by atoms with Gasteiger partial charge in [-0.3, -0.25) is 4.79 Å². The van der Waals surface area contributed by atoms with E-state index in [1.54, 1.807) is 6.07 Å². The number of amides is 1. The Balaban J connectivity index is 1.86. The molecule has 1 saturated heterocycles. The van der Waals surface area contributed by atoms with Gasteiger partial charge in [0.25, 0.3) is 5.91 Å². The fourth-order valence-corrected chi connectivity index (χ4v) is 2.84. The first-order valence-corrected chi connectivity index (χ1v) is 7.09. The fourth-order valence-electron chi connectivity index (χ4n) is 2.84. The second-order valence-electron chi connectivity index (χ2n) is 5.58. The van der Waals surface area contributed by atoms with E-state index < -0.39 is 0 Å². The Bertz CT molecular complexity index is 586. The van der Waals surface area contributed by atoms with Gasteiger partial charge in [-0.25, -0.2) is 0 Å². The maximum atomic E-state index is 12.6. The number of aliphatic hydroxyl groups is 1. The van der Waals surface area contributed by atoms with E-state index in [9.17, 15) is 9.90 Å². The van der Waals surface area contributed by atoms with Crippen LogP contribution in [0.3, 0.4) is 0 Å². The average molecular weight is 273 g/mol. The van der Waals surface area contributed by atoms with E-state index in [-0.39, 0.29) is 24.5 Å². The van der Waals surface area contributed by atoms with Crippen molar-refractivity contribution in [3.8, 4) is 0 Å². The van der Waals surface area contributed by atoms with Crippen molar-refractivity contribution in [3.05, 3.63) is 36.1 Å². The molecule has 1 N–H and O–H groups in total. The summed E-state index contributed by atoms with van der Waals surface area (Å²) in [4.78, 5) is 14.4. The van der Waals surface area contributed by atoms with Crippen LogP contribution in [0.25, 0.3) is 11.0 Å². The molecule has 1 aromatic heterocycles. The van der Waals surface area contributed by atoms with Crippen molar-refractivity contribution in [1.29, 1.82) is 0 Å². The van der Waals surface area contributed by atoms with Crippen LogP contribution in [-0.4, -0.2) is 35.1 Å². The van der Waals surface area contributed by atoms with Crippen LogP contribution in [0.5, 0.6) is 0 Å². The zero-order valence-corrected chi connectivity index (χ0v) is 11.6. The third kappa shape index (κ3) is 2.31. The Morgan fingerprint density at radius 1 is 1.40 bits per heavy atom. The molecular formula is C16H19NO3. The van der Waals surface area contributed by atoms with E-state index in [0.717, 1.165) is 23.8 Å². The molecule has 1 aliphatic rings. The minimum Gasteiger partial charge on any atom is -0.451 e. The monoisotopic (exact) mass is 273 g/mol. The van der Waals surface area contributed by atoms with Crippen LogP contribution < -0.4 is 0 Å². The second kappa shape index (κ2) is 5.29. The number of piperidine rings is 1. The van der Waals surface area contributed by atoms with Gasteiger partial charge in [0.2, 0.25) is 0 Å². The number of furan rings is 1. The van der Waals surface area contributed by atoms with E-state index in [1.165, 1.54) is 0 Å². The second-order valence-corrected chi connectivity index (χ2v) is 5.58. The van der Waals surface area contributed by atoms with Gasteiger partial charge in [-0.05, 0) is 37.8 Å². The topological polar surface area (TPSA) is 53.7 Å². The van der Waals surface area contributed by atoms with Crippen LogP contribution in [0.15, 0.2) is 34.7 Å². The number of nitrogens with zero attached hydrogens (tertiary/aromatic N) is 1. The Morgan fingerprint density at radius 2 is 2.20 bits per heavy atom. The summed E-state index contributed by atoms with van der Waals surface area (Å²) < 4.78 is 5.65. The standard InChI is InChI=1S/C16H19NO3/c1-11-6-7-12(10-18)9-17(11)16(19)15-8-13-4-2-3-5-14(13)20-15/h2-5,8,11-12,18H,6-7,9-10H2,1H3. The lowest BCUT2D eigenvalue weighted by molar-refractivity contribution is 0.0461. The molecule has 4 nitrogen and oxygen atoms in total. The summed E-state index contributed by atoms with van der Waals surface area (Å²) in [6.45, 7) is 2.79. The molecule has 20 heavy (non-hydrogen) atoms. The molecule has 1 amide bonds. The van der Waals surface area contributed by atoms with Crippen molar-refractivity contribution in [3.63, 3.8) is 0 Å². The first-order chi connectivity index (χ1) is 9.69. The molecule has 3 rings (SSSR count). The summed E-state index contributed by atoms with van der Waals surface area (Å²) >= 11 is 0. The van der Waals surface area contributed by atoms with Crippen molar-refractivity contribution in [2.24, 2.45) is 5.92 Å². The predicted octanol–water partition coefficient (Wildman–Crippen LogP) is 2.67. The van der Waals surface area contributed by atoms with E-state index >= 15 is 0 Å². The normalized spacial score (nSPS) is 23.2. The van der Waals surface area contributed by atoms with Crippen LogP contribution >= 0.6 is 0 Å². The van der Waals surface area contributed by atoms with Crippen LogP contribution in [0, 0.1) is 5.92 Å². The Morgan fingerprint density at radius 3 is 2.95 bits per heavy atom. The van der Waals surface area contributed by atoms with E-state index in [2.05, 4.69) is 0 Å². The summed E-state index contributed by atoms with van der Waals surface area (Å²) in [5, 5.41) is 10.2. The lowest BCUT2D eigenvalue weighted by Crippen LogP contribution is -2.46. The fraction of sp³-hybridized carbons (Fsp3) is 0.438. The average Bonchev–Trinajstić information content (AvgIpc) is 2.91. The van der Waals surface area contributed by atoms with Crippen molar-refractivity contribution in [1.82, 2.24) is 4.90 Å². The molecule has 2 aromatic rings. The number of carbonyl (C=O) groups is 1. The van der Waals surface area contributed by atoms with Gasteiger partial charge < -0.3 is 14.4 Å². The maximum absolute atomic E-state index is 12.6. The first-order valence-electron chi connectivity index (χ1n) is 7.09. The van der Waals surface area contributed by atoms with Gasteiger partial charge in [-0.15, -0.1) is 0 Å². The minimum absolute atomic E-state index is 0.0770. The number of fused-ring (bicyclic) bond motifs is 1. The van der Waals surface area contributed by atoms with Crippen molar-refractivity contribution in [2.75, 3.05) is 13.2 Å². The molecule has 0 bridgehead atoms. The molecule has 4 heteroatoms. The van der Waals surface area contributed by atoms with Crippen molar-refractivity contribution < 1.29 is 14.3 Å².